The molecule has 17 heavy (non-hydrogen) atoms. The first-order valence-electron chi connectivity index (χ1n) is 5.22. The molecule has 5 nitrogen and oxygen atoms in total. The van der Waals surface area contributed by atoms with E-state index in [0.717, 1.165) is 5.56 Å². The van der Waals surface area contributed by atoms with E-state index in [0.29, 0.717) is 23.9 Å². The van der Waals surface area contributed by atoms with Gasteiger partial charge in [0.05, 0.1) is 34.0 Å². The van der Waals surface area contributed by atoms with Crippen molar-refractivity contribution in [2.75, 3.05) is 35.0 Å². The van der Waals surface area contributed by atoms with Crippen LogP contribution in [0.1, 0.15) is 11.6 Å². The SMILES string of the molecule is COCC(N)c1ccc(OC)c(OC)c1OC. The highest BCUT2D eigenvalue weighted by molar-refractivity contribution is 5.56. The number of ether oxygens (including phenoxy) is 4. The van der Waals surface area contributed by atoms with Crippen LogP contribution in [0.4, 0.5) is 0 Å². The van der Waals surface area contributed by atoms with Gasteiger partial charge in [0.25, 0.3) is 0 Å². The summed E-state index contributed by atoms with van der Waals surface area (Å²) in [6, 6.07) is 3.38. The molecule has 1 aromatic rings. The lowest BCUT2D eigenvalue weighted by molar-refractivity contribution is 0.179. The van der Waals surface area contributed by atoms with Gasteiger partial charge in [0.15, 0.2) is 11.5 Å². The number of hydrogen-bond acceptors (Lipinski definition) is 5. The summed E-state index contributed by atoms with van der Waals surface area (Å²) >= 11 is 0. The Morgan fingerprint density at radius 2 is 1.65 bits per heavy atom. The quantitative estimate of drug-likeness (QED) is 0.814. The van der Waals surface area contributed by atoms with Crippen LogP contribution in [0.3, 0.4) is 0 Å². The molecule has 0 aliphatic heterocycles. The zero-order valence-corrected chi connectivity index (χ0v) is 10.6. The Kier molecular flexibility index (Phi) is 5.06. The van der Waals surface area contributed by atoms with Crippen LogP contribution in [0.5, 0.6) is 17.2 Å². The van der Waals surface area contributed by atoms with E-state index in [-0.39, 0.29) is 6.04 Å². The first kappa shape index (κ1) is 13.6. The first-order chi connectivity index (χ1) is 8.19. The van der Waals surface area contributed by atoms with E-state index in [2.05, 4.69) is 0 Å². The number of methoxy groups -OCH3 is 4. The Bertz CT molecular complexity index is 368. The lowest BCUT2D eigenvalue weighted by Gasteiger charge is -2.19. The lowest BCUT2D eigenvalue weighted by atomic mass is 10.1. The standard InChI is InChI=1S/C12H19NO4/c1-14-7-9(13)8-5-6-10(15-2)12(17-4)11(8)16-3/h5-6,9H,7,13H2,1-4H3. The maximum absolute atomic E-state index is 6.00. The van der Waals surface area contributed by atoms with Crippen molar-refractivity contribution in [1.29, 1.82) is 0 Å². The smallest absolute Gasteiger partial charge is 0.203 e. The Morgan fingerprint density at radius 3 is 2.12 bits per heavy atom. The van der Waals surface area contributed by atoms with Gasteiger partial charge < -0.3 is 24.7 Å². The minimum Gasteiger partial charge on any atom is -0.493 e. The summed E-state index contributed by atoms with van der Waals surface area (Å²) in [6.45, 7) is 0.409. The maximum atomic E-state index is 6.00. The van der Waals surface area contributed by atoms with E-state index in [4.69, 9.17) is 24.7 Å². The summed E-state index contributed by atoms with van der Waals surface area (Å²) in [5.41, 5.74) is 6.82. The summed E-state index contributed by atoms with van der Waals surface area (Å²) in [7, 11) is 6.31. The predicted octanol–water partition coefficient (Wildman–Crippen LogP) is 1.36. The molecule has 0 fully saturated rings. The normalized spacial score (nSPS) is 12.1. The summed E-state index contributed by atoms with van der Waals surface area (Å²) in [4.78, 5) is 0. The van der Waals surface area contributed by atoms with Gasteiger partial charge in [-0.2, -0.15) is 0 Å². The molecule has 0 saturated carbocycles. The average Bonchev–Trinajstić information content (AvgIpc) is 2.36. The summed E-state index contributed by atoms with van der Waals surface area (Å²) in [5, 5.41) is 0. The molecule has 1 unspecified atom stereocenters. The van der Waals surface area contributed by atoms with Gasteiger partial charge in [-0.25, -0.2) is 0 Å². The van der Waals surface area contributed by atoms with Crippen molar-refractivity contribution in [2.24, 2.45) is 5.73 Å². The maximum Gasteiger partial charge on any atom is 0.203 e. The summed E-state index contributed by atoms with van der Waals surface area (Å²) < 4.78 is 20.8. The van der Waals surface area contributed by atoms with Gasteiger partial charge in [0, 0.05) is 12.7 Å². The van der Waals surface area contributed by atoms with Crippen LogP contribution in [0.15, 0.2) is 12.1 Å². The molecule has 0 heterocycles. The minimum atomic E-state index is -0.269. The van der Waals surface area contributed by atoms with Gasteiger partial charge in [-0.1, -0.05) is 0 Å². The lowest BCUT2D eigenvalue weighted by Crippen LogP contribution is -2.17. The fourth-order valence-corrected chi connectivity index (χ4v) is 1.69. The molecular formula is C12H19NO4. The fourth-order valence-electron chi connectivity index (χ4n) is 1.69. The average molecular weight is 241 g/mol. The Morgan fingerprint density at radius 1 is 1.00 bits per heavy atom. The molecule has 0 aliphatic carbocycles. The Hall–Kier alpha value is -1.46. The molecule has 0 radical (unpaired) electrons. The van der Waals surface area contributed by atoms with Crippen LogP contribution in [-0.4, -0.2) is 35.0 Å². The highest BCUT2D eigenvalue weighted by atomic mass is 16.5. The van der Waals surface area contributed by atoms with Crippen molar-refractivity contribution >= 4 is 0 Å². The molecule has 5 heteroatoms. The first-order valence-corrected chi connectivity index (χ1v) is 5.22. The number of hydrogen-bond donors (Lipinski definition) is 1. The van der Waals surface area contributed by atoms with Gasteiger partial charge in [0.1, 0.15) is 0 Å². The summed E-state index contributed by atoms with van der Waals surface area (Å²) in [5.74, 6) is 1.73. The van der Waals surface area contributed by atoms with Crippen LogP contribution in [0.25, 0.3) is 0 Å². The highest BCUT2D eigenvalue weighted by Gasteiger charge is 2.19. The zero-order valence-electron chi connectivity index (χ0n) is 10.6. The molecule has 1 rings (SSSR count). The van der Waals surface area contributed by atoms with E-state index in [1.165, 1.54) is 0 Å². The van der Waals surface area contributed by atoms with E-state index in [9.17, 15) is 0 Å². The van der Waals surface area contributed by atoms with E-state index < -0.39 is 0 Å². The van der Waals surface area contributed by atoms with Crippen LogP contribution >= 0.6 is 0 Å². The summed E-state index contributed by atoms with van der Waals surface area (Å²) in [6.07, 6.45) is 0. The monoisotopic (exact) mass is 241 g/mol. The second-order valence-corrected chi connectivity index (χ2v) is 3.49. The topological polar surface area (TPSA) is 62.9 Å². The number of nitrogens with two attached hydrogens (primary N) is 1. The number of rotatable bonds is 6. The molecule has 0 aromatic heterocycles. The van der Waals surface area contributed by atoms with E-state index in [1.807, 2.05) is 6.07 Å². The van der Waals surface area contributed by atoms with Gasteiger partial charge in [-0.05, 0) is 12.1 Å². The molecule has 0 amide bonds. The van der Waals surface area contributed by atoms with Crippen molar-refractivity contribution < 1.29 is 18.9 Å². The van der Waals surface area contributed by atoms with E-state index in [1.54, 1.807) is 34.5 Å². The van der Waals surface area contributed by atoms with Crippen LogP contribution < -0.4 is 19.9 Å². The zero-order chi connectivity index (χ0) is 12.8. The molecule has 1 aromatic carbocycles. The van der Waals surface area contributed by atoms with Gasteiger partial charge in [-0.15, -0.1) is 0 Å². The molecule has 0 spiro atoms. The third kappa shape index (κ3) is 2.81. The third-order valence-electron chi connectivity index (χ3n) is 2.48. The van der Waals surface area contributed by atoms with E-state index >= 15 is 0 Å². The molecule has 0 aliphatic rings. The van der Waals surface area contributed by atoms with Crippen molar-refractivity contribution in [2.45, 2.75) is 6.04 Å². The van der Waals surface area contributed by atoms with Crippen LogP contribution in [-0.2, 0) is 4.74 Å². The minimum absolute atomic E-state index is 0.269. The Labute approximate surface area is 101 Å². The third-order valence-corrected chi connectivity index (χ3v) is 2.48. The van der Waals surface area contributed by atoms with Gasteiger partial charge in [-0.3, -0.25) is 0 Å². The molecular weight excluding hydrogens is 222 g/mol. The molecule has 0 saturated heterocycles. The second-order valence-electron chi connectivity index (χ2n) is 3.49. The van der Waals surface area contributed by atoms with Crippen molar-refractivity contribution in [3.63, 3.8) is 0 Å². The van der Waals surface area contributed by atoms with Crippen LogP contribution in [0.2, 0.25) is 0 Å². The van der Waals surface area contributed by atoms with Crippen molar-refractivity contribution in [3.8, 4) is 17.2 Å². The second kappa shape index (κ2) is 6.32. The van der Waals surface area contributed by atoms with Crippen LogP contribution in [0, 0.1) is 0 Å². The molecule has 0 bridgehead atoms. The highest BCUT2D eigenvalue weighted by Crippen LogP contribution is 2.41. The van der Waals surface area contributed by atoms with Crippen molar-refractivity contribution in [1.82, 2.24) is 0 Å². The predicted molar refractivity (Wildman–Crippen MR) is 64.9 cm³/mol. The molecule has 2 N–H and O–H groups in total. The van der Waals surface area contributed by atoms with Gasteiger partial charge in [0.2, 0.25) is 5.75 Å². The molecule has 96 valence electrons. The van der Waals surface area contributed by atoms with Crippen molar-refractivity contribution in [3.05, 3.63) is 17.7 Å². The molecule has 1 atom stereocenters. The fraction of sp³-hybridized carbons (Fsp3) is 0.500. The largest absolute Gasteiger partial charge is 0.493 e. The van der Waals surface area contributed by atoms with Gasteiger partial charge >= 0.3 is 0 Å². The number of benzene rings is 1. The Balaban J connectivity index is 3.22.